The van der Waals surface area contributed by atoms with Crippen LogP contribution >= 0.6 is 11.6 Å². The Morgan fingerprint density at radius 3 is 2.70 bits per heavy atom. The van der Waals surface area contributed by atoms with Gasteiger partial charge in [-0.15, -0.1) is 13.2 Å². The third-order valence-electron chi connectivity index (χ3n) is 5.67. The van der Waals surface area contributed by atoms with Crippen molar-refractivity contribution in [1.29, 1.82) is 0 Å². The van der Waals surface area contributed by atoms with E-state index in [0.717, 1.165) is 6.07 Å². The molecular weight excluding hydrogens is 472 g/mol. The van der Waals surface area contributed by atoms with Crippen LogP contribution in [-0.4, -0.2) is 81.5 Å². The van der Waals surface area contributed by atoms with E-state index in [-0.39, 0.29) is 54.4 Å². The molecule has 1 aromatic carbocycles. The van der Waals surface area contributed by atoms with Crippen LogP contribution in [-0.2, 0) is 19.0 Å². The quantitative estimate of drug-likeness (QED) is 0.500. The molecule has 0 bridgehead atoms. The van der Waals surface area contributed by atoms with Gasteiger partial charge in [-0.05, 0) is 18.6 Å². The summed E-state index contributed by atoms with van der Waals surface area (Å²) in [7, 11) is 1.56. The average molecular weight is 499 g/mol. The van der Waals surface area contributed by atoms with Crippen molar-refractivity contribution in [2.24, 2.45) is 0 Å². The fourth-order valence-corrected chi connectivity index (χ4v) is 3.96. The maximum Gasteiger partial charge on any atom is 0.522 e. The van der Waals surface area contributed by atoms with Crippen molar-refractivity contribution in [1.82, 2.24) is 10.2 Å². The Bertz CT molecular complexity index is 794. The molecule has 1 aliphatic heterocycles. The summed E-state index contributed by atoms with van der Waals surface area (Å²) in [6.45, 7) is 1.99. The van der Waals surface area contributed by atoms with Crippen LogP contribution in [0.5, 0.6) is 5.75 Å². The number of ether oxygens (including phenoxy) is 4. The van der Waals surface area contributed by atoms with Gasteiger partial charge in [0.2, 0.25) is 0 Å². The molecule has 3 rings (SSSR count). The van der Waals surface area contributed by atoms with Gasteiger partial charge in [0, 0.05) is 45.7 Å². The Balaban J connectivity index is 1.32. The van der Waals surface area contributed by atoms with Crippen LogP contribution in [0.1, 0.15) is 19.3 Å². The molecule has 33 heavy (non-hydrogen) atoms. The number of carbonyl (C=O) groups excluding carboxylic acids is 1. The second-order valence-corrected chi connectivity index (χ2v) is 8.46. The van der Waals surface area contributed by atoms with Crippen LogP contribution < -0.4 is 10.1 Å². The minimum absolute atomic E-state index is 0.0285. The molecule has 2 fully saturated rings. The molecule has 0 aromatic heterocycles. The van der Waals surface area contributed by atoms with E-state index in [0.29, 0.717) is 32.7 Å². The molecule has 1 aliphatic carbocycles. The molecule has 1 N–H and O–H groups in total. The molecule has 1 amide bonds. The number of methoxy groups -OCH3 is 1. The Labute approximate surface area is 194 Å². The number of nitrogens with one attached hydrogen (secondary N) is 1. The fraction of sp³-hybridized carbons (Fsp3) is 0.667. The van der Waals surface area contributed by atoms with Gasteiger partial charge < -0.3 is 19.5 Å². The number of hydrogen-bond donors (Lipinski definition) is 1. The third kappa shape index (κ3) is 8.25. The van der Waals surface area contributed by atoms with Crippen molar-refractivity contribution in [3.05, 3.63) is 29.0 Å². The van der Waals surface area contributed by atoms with E-state index in [1.165, 1.54) is 12.1 Å². The lowest BCUT2D eigenvalue weighted by atomic mass is 9.92. The molecule has 1 heterocycles. The van der Waals surface area contributed by atoms with E-state index in [1.807, 2.05) is 0 Å². The van der Waals surface area contributed by atoms with Gasteiger partial charge in [-0.25, -0.2) is 4.39 Å². The lowest BCUT2D eigenvalue weighted by Gasteiger charge is -2.39. The summed E-state index contributed by atoms with van der Waals surface area (Å²) in [5.41, 5.74) is 0. The van der Waals surface area contributed by atoms with Crippen LogP contribution in [0.3, 0.4) is 0 Å². The molecule has 186 valence electrons. The number of alkyl halides is 3. The van der Waals surface area contributed by atoms with Crippen LogP contribution in [0.25, 0.3) is 0 Å². The minimum atomic E-state index is -4.61. The summed E-state index contributed by atoms with van der Waals surface area (Å²) in [6, 6.07) is 3.73. The molecule has 7 nitrogen and oxygen atoms in total. The molecule has 1 saturated carbocycles. The van der Waals surface area contributed by atoms with Gasteiger partial charge in [0.25, 0.3) is 5.91 Å². The molecular formula is C21H27ClF4N2O5. The normalized spacial score (nSPS) is 26.0. The Morgan fingerprint density at radius 1 is 1.27 bits per heavy atom. The molecule has 12 heteroatoms. The van der Waals surface area contributed by atoms with Crippen LogP contribution in [0, 0.1) is 5.82 Å². The summed E-state index contributed by atoms with van der Waals surface area (Å²) in [4.78, 5) is 14.4. The van der Waals surface area contributed by atoms with Crippen LogP contribution in [0.2, 0.25) is 5.02 Å². The second-order valence-electron chi connectivity index (χ2n) is 8.05. The number of amides is 1. The van der Waals surface area contributed by atoms with Gasteiger partial charge in [-0.1, -0.05) is 11.6 Å². The number of piperidine rings is 1. The summed E-state index contributed by atoms with van der Waals surface area (Å²) in [5, 5.41) is 2.85. The summed E-state index contributed by atoms with van der Waals surface area (Å²) < 4.78 is 70.3. The summed E-state index contributed by atoms with van der Waals surface area (Å²) in [5.74, 6) is -0.778. The predicted octanol–water partition coefficient (Wildman–Crippen LogP) is 3.15. The zero-order chi connectivity index (χ0) is 24.0. The molecule has 1 saturated heterocycles. The van der Waals surface area contributed by atoms with Crippen LogP contribution in [0.4, 0.5) is 17.6 Å². The Kier molecular flexibility index (Phi) is 9.17. The highest BCUT2D eigenvalue weighted by molar-refractivity contribution is 6.30. The molecule has 1 aromatic rings. The molecule has 2 aliphatic rings. The highest BCUT2D eigenvalue weighted by Gasteiger charge is 2.40. The Morgan fingerprint density at radius 2 is 2.03 bits per heavy atom. The average Bonchev–Trinajstić information content (AvgIpc) is 2.72. The summed E-state index contributed by atoms with van der Waals surface area (Å²) >= 11 is 5.62. The number of carbonyl (C=O) groups is 1. The van der Waals surface area contributed by atoms with Gasteiger partial charge >= 0.3 is 6.36 Å². The SMILES string of the molecule is CO[C@@H]1CN(CCO[C@H]2C[C@@H](OC(F)(F)F)C2)CC[C@H]1NC(=O)COc1ccc(Cl)c(F)c1. The van der Waals surface area contributed by atoms with Crippen LogP contribution in [0.15, 0.2) is 18.2 Å². The first-order valence-corrected chi connectivity index (χ1v) is 11.0. The van der Waals surface area contributed by atoms with E-state index >= 15 is 0 Å². The highest BCUT2D eigenvalue weighted by atomic mass is 35.5. The van der Waals surface area contributed by atoms with Crippen molar-refractivity contribution in [3.8, 4) is 5.75 Å². The number of hydrogen-bond acceptors (Lipinski definition) is 6. The maximum atomic E-state index is 13.5. The highest BCUT2D eigenvalue weighted by Crippen LogP contribution is 2.32. The molecule has 0 unspecified atom stereocenters. The van der Waals surface area contributed by atoms with Crippen molar-refractivity contribution < 1.29 is 41.3 Å². The standard InChI is InChI=1S/C21H27ClF4N2O5/c1-30-19-11-28(6-7-31-14-8-15(9-14)33-21(24,25)26)5-4-18(19)27-20(29)12-32-13-2-3-16(22)17(23)10-13/h2-3,10,14-15,18-19H,4-9,11-12H2,1H3,(H,27,29)/t14-,15+,18-,19-/m1/s1. The van der Waals surface area contributed by atoms with Crippen molar-refractivity contribution in [2.75, 3.05) is 40.0 Å². The number of rotatable bonds is 10. The second kappa shape index (κ2) is 11.7. The maximum absolute atomic E-state index is 13.5. The fourth-order valence-electron chi connectivity index (χ4n) is 3.84. The smallest absolute Gasteiger partial charge is 0.484 e. The van der Waals surface area contributed by atoms with E-state index in [1.54, 1.807) is 7.11 Å². The van der Waals surface area contributed by atoms with Gasteiger partial charge in [-0.3, -0.25) is 14.4 Å². The van der Waals surface area contributed by atoms with E-state index in [4.69, 9.17) is 25.8 Å². The number of nitrogens with zero attached hydrogens (tertiary/aromatic N) is 1. The first kappa shape index (κ1) is 26.0. The molecule has 0 spiro atoms. The first-order chi connectivity index (χ1) is 15.6. The van der Waals surface area contributed by atoms with Gasteiger partial charge in [0.15, 0.2) is 6.61 Å². The zero-order valence-corrected chi connectivity index (χ0v) is 18.8. The number of halogens is 5. The monoisotopic (exact) mass is 498 g/mol. The van der Waals surface area contributed by atoms with Gasteiger partial charge in [0.05, 0.1) is 36.0 Å². The minimum Gasteiger partial charge on any atom is -0.484 e. The van der Waals surface area contributed by atoms with Gasteiger partial charge in [0.1, 0.15) is 11.6 Å². The van der Waals surface area contributed by atoms with Gasteiger partial charge in [-0.2, -0.15) is 0 Å². The Hall–Kier alpha value is -1.66. The van der Waals surface area contributed by atoms with E-state index < -0.39 is 18.3 Å². The number of likely N-dealkylation sites (tertiary alicyclic amines) is 1. The predicted molar refractivity (Wildman–Crippen MR) is 111 cm³/mol. The molecule has 0 radical (unpaired) electrons. The zero-order valence-electron chi connectivity index (χ0n) is 18.1. The largest absolute Gasteiger partial charge is 0.522 e. The third-order valence-corrected chi connectivity index (χ3v) is 5.97. The topological polar surface area (TPSA) is 69.3 Å². The van der Waals surface area contributed by atoms with Crippen molar-refractivity contribution in [2.45, 2.75) is 50.0 Å². The first-order valence-electron chi connectivity index (χ1n) is 10.6. The molecule has 2 atom stereocenters. The number of benzene rings is 1. The van der Waals surface area contributed by atoms with Crippen molar-refractivity contribution in [3.63, 3.8) is 0 Å². The lowest BCUT2D eigenvalue weighted by molar-refractivity contribution is -0.357. The van der Waals surface area contributed by atoms with E-state index in [2.05, 4.69) is 15.0 Å². The summed E-state index contributed by atoms with van der Waals surface area (Å²) in [6.07, 6.45) is -4.78. The van der Waals surface area contributed by atoms with Crippen molar-refractivity contribution >= 4 is 17.5 Å². The lowest BCUT2D eigenvalue weighted by Crippen LogP contribution is -2.56. The van der Waals surface area contributed by atoms with E-state index in [9.17, 15) is 22.4 Å².